The molecule has 1 heterocycles. The van der Waals surface area contributed by atoms with Crippen LogP contribution in [0, 0.1) is 46.3 Å². The number of aliphatic hydroxyl groups is 1. The van der Waals surface area contributed by atoms with Crippen LogP contribution in [0.3, 0.4) is 0 Å². The van der Waals surface area contributed by atoms with Crippen molar-refractivity contribution in [2.45, 2.75) is 123 Å². The van der Waals surface area contributed by atoms with Crippen LogP contribution >= 0.6 is 0 Å². The second-order valence-electron chi connectivity index (χ2n) is 14.8. The molecule has 5 fully saturated rings. The molecule has 1 aliphatic heterocycles. The Morgan fingerprint density at radius 3 is 2.53 bits per heavy atom. The van der Waals surface area contributed by atoms with Crippen LogP contribution in [-0.2, 0) is 9.47 Å². The number of esters is 1. The van der Waals surface area contributed by atoms with E-state index in [1.165, 1.54) is 44.9 Å². The molecule has 0 bridgehead atoms. The SMILES string of the molecule is CC(C)CCCC(C)C1CCC2C3C(O)[C@@H]4O[C@@]45CC(OC(=O)c4ccccc4)CCC5(C)C3CCC12C. The molecule has 4 nitrogen and oxygen atoms in total. The molecule has 9 unspecified atom stereocenters. The monoisotopic (exact) mass is 522 g/mol. The van der Waals surface area contributed by atoms with Gasteiger partial charge in [-0.25, -0.2) is 4.79 Å². The average Bonchev–Trinajstić information content (AvgIpc) is 3.51. The smallest absolute Gasteiger partial charge is 0.338 e. The van der Waals surface area contributed by atoms with Gasteiger partial charge in [0.05, 0.1) is 11.7 Å². The lowest BCUT2D eigenvalue weighted by atomic mass is 9.43. The van der Waals surface area contributed by atoms with Crippen LogP contribution in [0.15, 0.2) is 30.3 Å². The number of benzene rings is 1. The van der Waals surface area contributed by atoms with Crippen molar-refractivity contribution in [3.8, 4) is 0 Å². The fourth-order valence-corrected chi connectivity index (χ4v) is 10.5. The van der Waals surface area contributed by atoms with Crippen LogP contribution < -0.4 is 0 Å². The van der Waals surface area contributed by atoms with Crippen molar-refractivity contribution in [3.05, 3.63) is 35.9 Å². The number of ether oxygens (including phenoxy) is 2. The zero-order chi connectivity index (χ0) is 26.9. The van der Waals surface area contributed by atoms with Crippen molar-refractivity contribution in [1.82, 2.24) is 0 Å². The number of rotatable bonds is 7. The first-order valence-electron chi connectivity index (χ1n) is 15.7. The van der Waals surface area contributed by atoms with E-state index in [1.807, 2.05) is 30.3 Å². The van der Waals surface area contributed by atoms with E-state index in [1.54, 1.807) is 0 Å². The van der Waals surface area contributed by atoms with Crippen LogP contribution in [0.2, 0.25) is 0 Å². The molecule has 1 aromatic rings. The van der Waals surface area contributed by atoms with Crippen LogP contribution in [0.5, 0.6) is 0 Å². The Balaban J connectivity index is 1.17. The van der Waals surface area contributed by atoms with Crippen molar-refractivity contribution in [3.63, 3.8) is 0 Å². The normalized spacial score (nSPS) is 45.9. The van der Waals surface area contributed by atoms with E-state index >= 15 is 0 Å². The molecule has 4 aliphatic carbocycles. The molecule has 1 aromatic carbocycles. The van der Waals surface area contributed by atoms with E-state index in [9.17, 15) is 9.90 Å². The van der Waals surface area contributed by atoms with Crippen LogP contribution in [-0.4, -0.2) is 35.0 Å². The topological polar surface area (TPSA) is 59.1 Å². The van der Waals surface area contributed by atoms with Crippen molar-refractivity contribution < 1.29 is 19.4 Å². The Morgan fingerprint density at radius 1 is 1.03 bits per heavy atom. The molecule has 0 radical (unpaired) electrons. The fraction of sp³-hybridized carbons (Fsp3) is 0.794. The molecule has 1 spiro atoms. The van der Waals surface area contributed by atoms with Crippen molar-refractivity contribution >= 4 is 5.97 Å². The van der Waals surface area contributed by atoms with Gasteiger partial charge in [-0.2, -0.15) is 0 Å². The Morgan fingerprint density at radius 2 is 1.79 bits per heavy atom. The average molecular weight is 523 g/mol. The molecule has 4 saturated carbocycles. The summed E-state index contributed by atoms with van der Waals surface area (Å²) in [4.78, 5) is 12.8. The van der Waals surface area contributed by atoms with Gasteiger partial charge >= 0.3 is 5.97 Å². The molecule has 210 valence electrons. The van der Waals surface area contributed by atoms with Gasteiger partial charge in [-0.3, -0.25) is 0 Å². The summed E-state index contributed by atoms with van der Waals surface area (Å²) >= 11 is 0. The summed E-state index contributed by atoms with van der Waals surface area (Å²) in [7, 11) is 0. The van der Waals surface area contributed by atoms with Gasteiger partial charge in [0.1, 0.15) is 17.8 Å². The molecule has 1 saturated heterocycles. The molecule has 5 aliphatic rings. The maximum Gasteiger partial charge on any atom is 0.338 e. The maximum absolute atomic E-state index is 12.8. The van der Waals surface area contributed by atoms with Crippen molar-refractivity contribution in [1.29, 1.82) is 0 Å². The summed E-state index contributed by atoms with van der Waals surface area (Å²) in [6, 6.07) is 9.30. The highest BCUT2D eigenvalue weighted by molar-refractivity contribution is 5.89. The summed E-state index contributed by atoms with van der Waals surface area (Å²) < 4.78 is 12.6. The first-order valence-corrected chi connectivity index (χ1v) is 15.7. The lowest BCUT2D eigenvalue weighted by Gasteiger charge is -2.60. The van der Waals surface area contributed by atoms with E-state index in [-0.39, 0.29) is 29.2 Å². The fourth-order valence-electron chi connectivity index (χ4n) is 10.5. The Hall–Kier alpha value is -1.39. The highest BCUT2D eigenvalue weighted by atomic mass is 16.6. The number of aliphatic hydroxyl groups excluding tert-OH is 1. The minimum Gasteiger partial charge on any atom is -0.459 e. The van der Waals surface area contributed by atoms with Crippen LogP contribution in [0.1, 0.15) is 109 Å². The lowest BCUT2D eigenvalue weighted by Crippen LogP contribution is -2.63. The molecular formula is C34H50O4. The minimum absolute atomic E-state index is 0.0551. The molecule has 0 amide bonds. The van der Waals surface area contributed by atoms with Crippen LogP contribution in [0.25, 0.3) is 0 Å². The van der Waals surface area contributed by atoms with Gasteiger partial charge in [0.25, 0.3) is 0 Å². The van der Waals surface area contributed by atoms with E-state index in [2.05, 4.69) is 34.6 Å². The third kappa shape index (κ3) is 4.02. The van der Waals surface area contributed by atoms with Gasteiger partial charge < -0.3 is 14.6 Å². The van der Waals surface area contributed by atoms with E-state index < -0.39 is 6.10 Å². The largest absolute Gasteiger partial charge is 0.459 e. The van der Waals surface area contributed by atoms with Gasteiger partial charge in [-0.1, -0.05) is 72.1 Å². The van der Waals surface area contributed by atoms with Gasteiger partial charge in [-0.15, -0.1) is 0 Å². The maximum atomic E-state index is 12.8. The molecule has 38 heavy (non-hydrogen) atoms. The van der Waals surface area contributed by atoms with Gasteiger partial charge in [0.15, 0.2) is 0 Å². The Bertz CT molecular complexity index is 1020. The highest BCUT2D eigenvalue weighted by Gasteiger charge is 2.79. The second kappa shape index (κ2) is 9.61. The predicted molar refractivity (Wildman–Crippen MR) is 150 cm³/mol. The second-order valence-corrected chi connectivity index (χ2v) is 14.8. The van der Waals surface area contributed by atoms with Gasteiger partial charge in [-0.05, 0) is 91.6 Å². The molecule has 0 aromatic heterocycles. The molecular weight excluding hydrogens is 472 g/mol. The number of epoxide rings is 1. The van der Waals surface area contributed by atoms with E-state index in [0.717, 1.165) is 37.0 Å². The van der Waals surface area contributed by atoms with Gasteiger partial charge in [0, 0.05) is 11.8 Å². The lowest BCUT2D eigenvalue weighted by molar-refractivity contribution is -0.151. The predicted octanol–water partition coefficient (Wildman–Crippen LogP) is 7.44. The quantitative estimate of drug-likeness (QED) is 0.299. The van der Waals surface area contributed by atoms with Gasteiger partial charge in [0.2, 0.25) is 0 Å². The summed E-state index contributed by atoms with van der Waals surface area (Å²) in [5.41, 5.74) is 0.673. The molecule has 1 N–H and O–H groups in total. The summed E-state index contributed by atoms with van der Waals surface area (Å²) in [6.45, 7) is 12.2. The number of hydrogen-bond donors (Lipinski definition) is 1. The first kappa shape index (κ1) is 26.8. The van der Waals surface area contributed by atoms with Crippen LogP contribution in [0.4, 0.5) is 0 Å². The first-order chi connectivity index (χ1) is 18.1. The standard InChI is InChI=1S/C34H50O4/c1-21(2)10-9-11-22(3)25-14-15-26-28-27(17-18-32(25,26)4)33(5)19-16-24(20-34(33)30(38-34)29(28)35)37-31(36)23-12-7-6-8-13-23/h6-8,12-13,21-22,24-30,35H,9-11,14-20H2,1-5H3/t22?,24?,25?,26?,27?,28?,29?,30-,32?,33?,34-/m0/s1. The third-order valence-electron chi connectivity index (χ3n) is 12.6. The van der Waals surface area contributed by atoms with E-state index in [0.29, 0.717) is 28.7 Å². The zero-order valence-corrected chi connectivity index (χ0v) is 24.3. The van der Waals surface area contributed by atoms with Crippen molar-refractivity contribution in [2.24, 2.45) is 46.3 Å². The number of carbonyl (C=O) groups is 1. The molecule has 6 rings (SSSR count). The number of hydrogen-bond acceptors (Lipinski definition) is 4. The molecule has 11 atom stereocenters. The molecule has 4 heteroatoms. The zero-order valence-electron chi connectivity index (χ0n) is 24.3. The van der Waals surface area contributed by atoms with E-state index in [4.69, 9.17) is 9.47 Å². The Labute approximate surface area is 230 Å². The number of fused-ring (bicyclic) bond motifs is 4. The summed E-state index contributed by atoms with van der Waals surface area (Å²) in [5, 5.41) is 11.9. The highest BCUT2D eigenvalue weighted by Crippen LogP contribution is 2.74. The summed E-state index contributed by atoms with van der Waals surface area (Å²) in [6.07, 6.45) is 11.1. The summed E-state index contributed by atoms with van der Waals surface area (Å²) in [5.74, 6) is 3.53. The third-order valence-corrected chi connectivity index (χ3v) is 12.6. The Kier molecular flexibility index (Phi) is 6.78. The van der Waals surface area contributed by atoms with Crippen molar-refractivity contribution in [2.75, 3.05) is 0 Å². The minimum atomic E-state index is -0.392. The number of carbonyl (C=O) groups excluding carboxylic acids is 1.